The maximum atomic E-state index is 12.7. The van der Waals surface area contributed by atoms with Gasteiger partial charge in [0.2, 0.25) is 0 Å². The van der Waals surface area contributed by atoms with Gasteiger partial charge in [0, 0.05) is 32.3 Å². The molecule has 0 spiro atoms. The van der Waals surface area contributed by atoms with E-state index in [-0.39, 0.29) is 0 Å². The Balaban J connectivity index is 1.91. The number of ether oxygens (including phenoxy) is 1. The average molecular weight is 220 g/mol. The Hall–Kier alpha value is -0.260. The summed E-state index contributed by atoms with van der Waals surface area (Å²) in [6.07, 6.45) is -0.122. The predicted molar refractivity (Wildman–Crippen MR) is 53.0 cm³/mol. The van der Waals surface area contributed by atoms with Crippen LogP contribution in [0.4, 0.5) is 8.78 Å². The fourth-order valence-corrected chi connectivity index (χ4v) is 2.43. The number of nitrogens with two attached hydrogens (primary N) is 1. The van der Waals surface area contributed by atoms with Crippen molar-refractivity contribution in [3.05, 3.63) is 0 Å². The van der Waals surface area contributed by atoms with Crippen molar-refractivity contribution in [1.29, 1.82) is 0 Å². The molecule has 0 amide bonds. The third kappa shape index (κ3) is 2.29. The van der Waals surface area contributed by atoms with Crippen molar-refractivity contribution in [2.75, 3.05) is 26.3 Å². The zero-order valence-corrected chi connectivity index (χ0v) is 8.79. The first-order valence-corrected chi connectivity index (χ1v) is 5.51. The van der Waals surface area contributed by atoms with Crippen molar-refractivity contribution in [2.24, 2.45) is 5.73 Å². The van der Waals surface area contributed by atoms with Gasteiger partial charge < -0.3 is 10.5 Å². The Morgan fingerprint density at radius 1 is 1.33 bits per heavy atom. The van der Waals surface area contributed by atoms with E-state index in [1.807, 2.05) is 0 Å². The second-order valence-electron chi connectivity index (χ2n) is 4.60. The molecule has 0 bridgehead atoms. The Bertz CT molecular complexity index is 221. The van der Waals surface area contributed by atoms with E-state index in [2.05, 4.69) is 4.90 Å². The maximum Gasteiger partial charge on any atom is 0.257 e. The number of nitrogens with zero attached hydrogens (tertiary/aromatic N) is 1. The number of halogens is 2. The van der Waals surface area contributed by atoms with E-state index in [0.29, 0.717) is 25.6 Å². The minimum Gasteiger partial charge on any atom is -0.381 e. The van der Waals surface area contributed by atoms with Gasteiger partial charge in [-0.05, 0) is 19.3 Å². The van der Waals surface area contributed by atoms with Gasteiger partial charge in [0.25, 0.3) is 6.43 Å². The molecule has 2 heterocycles. The maximum absolute atomic E-state index is 12.7. The summed E-state index contributed by atoms with van der Waals surface area (Å²) in [5.74, 6) is 0. The molecule has 2 rings (SSSR count). The normalized spacial score (nSPS) is 35.2. The minimum atomic E-state index is -2.41. The molecule has 0 aromatic carbocycles. The number of rotatable bonds is 2. The topological polar surface area (TPSA) is 38.5 Å². The molecule has 88 valence electrons. The van der Waals surface area contributed by atoms with Gasteiger partial charge in [0.05, 0.1) is 5.54 Å². The first kappa shape index (κ1) is 11.2. The molecule has 0 radical (unpaired) electrons. The molecule has 0 aromatic rings. The highest BCUT2D eigenvalue weighted by molar-refractivity contribution is 4.98. The van der Waals surface area contributed by atoms with Crippen LogP contribution in [0.15, 0.2) is 0 Å². The molecular weight excluding hydrogens is 202 g/mol. The quantitative estimate of drug-likeness (QED) is 0.749. The van der Waals surface area contributed by atoms with Crippen LogP contribution in [0.1, 0.15) is 19.3 Å². The van der Waals surface area contributed by atoms with Crippen LogP contribution in [0.25, 0.3) is 0 Å². The molecule has 15 heavy (non-hydrogen) atoms. The van der Waals surface area contributed by atoms with Crippen molar-refractivity contribution in [3.63, 3.8) is 0 Å². The molecular formula is C10H18F2N2O. The van der Waals surface area contributed by atoms with Crippen LogP contribution >= 0.6 is 0 Å². The number of hydrogen-bond donors (Lipinski definition) is 1. The van der Waals surface area contributed by atoms with Crippen molar-refractivity contribution >= 4 is 0 Å². The highest BCUT2D eigenvalue weighted by atomic mass is 19.3. The molecule has 2 saturated heterocycles. The smallest absolute Gasteiger partial charge is 0.257 e. The summed E-state index contributed by atoms with van der Waals surface area (Å²) in [7, 11) is 0. The van der Waals surface area contributed by atoms with Crippen molar-refractivity contribution in [1.82, 2.24) is 4.90 Å². The zero-order valence-electron chi connectivity index (χ0n) is 8.79. The molecule has 0 aromatic heterocycles. The lowest BCUT2D eigenvalue weighted by Gasteiger charge is -2.32. The van der Waals surface area contributed by atoms with Crippen LogP contribution in [0.3, 0.4) is 0 Å². The average Bonchev–Trinajstić information content (AvgIpc) is 2.64. The van der Waals surface area contributed by atoms with Crippen molar-refractivity contribution in [2.45, 2.75) is 37.3 Å². The lowest BCUT2D eigenvalue weighted by atomic mass is 10.0. The zero-order chi connectivity index (χ0) is 10.9. The first-order valence-electron chi connectivity index (χ1n) is 5.51. The van der Waals surface area contributed by atoms with Gasteiger partial charge in [0.1, 0.15) is 0 Å². The molecule has 2 aliphatic heterocycles. The molecule has 2 aliphatic rings. The van der Waals surface area contributed by atoms with Gasteiger partial charge in [-0.1, -0.05) is 0 Å². The van der Waals surface area contributed by atoms with E-state index < -0.39 is 12.0 Å². The molecule has 0 aliphatic carbocycles. The van der Waals surface area contributed by atoms with Gasteiger partial charge >= 0.3 is 0 Å². The molecule has 2 N–H and O–H groups in total. The Kier molecular flexibility index (Phi) is 3.23. The minimum absolute atomic E-state index is 0.329. The Morgan fingerprint density at radius 2 is 2.00 bits per heavy atom. The Labute approximate surface area is 88.6 Å². The first-order chi connectivity index (χ1) is 7.12. The van der Waals surface area contributed by atoms with E-state index in [1.54, 1.807) is 0 Å². The SMILES string of the molecule is NC1(C(F)F)CCN(C2CCOCC2)C1. The molecule has 2 fully saturated rings. The standard InChI is InChI=1S/C10H18F2N2O/c11-9(12)10(13)3-4-14(7-10)8-1-5-15-6-2-8/h8-9H,1-7,13H2. The van der Waals surface area contributed by atoms with Crippen LogP contribution in [-0.2, 0) is 4.74 Å². The van der Waals surface area contributed by atoms with Crippen LogP contribution < -0.4 is 5.73 Å². The fourth-order valence-electron chi connectivity index (χ4n) is 2.43. The molecule has 5 heteroatoms. The lowest BCUT2D eigenvalue weighted by Crippen LogP contribution is -2.50. The third-order valence-electron chi connectivity index (χ3n) is 3.50. The summed E-state index contributed by atoms with van der Waals surface area (Å²) in [4.78, 5) is 2.11. The van der Waals surface area contributed by atoms with E-state index in [0.717, 1.165) is 26.1 Å². The van der Waals surface area contributed by atoms with E-state index in [9.17, 15) is 8.78 Å². The van der Waals surface area contributed by atoms with Gasteiger partial charge in [0.15, 0.2) is 0 Å². The predicted octanol–water partition coefficient (Wildman–Crippen LogP) is 0.834. The van der Waals surface area contributed by atoms with Gasteiger partial charge in [-0.2, -0.15) is 0 Å². The summed E-state index contributed by atoms with van der Waals surface area (Å²) < 4.78 is 30.6. The number of likely N-dealkylation sites (tertiary alicyclic amines) is 1. The summed E-state index contributed by atoms with van der Waals surface area (Å²) in [5, 5.41) is 0. The number of alkyl halides is 2. The summed E-state index contributed by atoms with van der Waals surface area (Å²) >= 11 is 0. The van der Waals surface area contributed by atoms with Gasteiger partial charge in [-0.15, -0.1) is 0 Å². The van der Waals surface area contributed by atoms with Crippen LogP contribution in [0.5, 0.6) is 0 Å². The summed E-state index contributed by atoms with van der Waals surface area (Å²) in [5.41, 5.74) is 4.40. The second kappa shape index (κ2) is 4.31. The molecule has 1 atom stereocenters. The summed E-state index contributed by atoms with van der Waals surface area (Å²) in [6, 6.07) is 0.392. The monoisotopic (exact) mass is 220 g/mol. The van der Waals surface area contributed by atoms with E-state index in [1.165, 1.54) is 0 Å². The summed E-state index contributed by atoms with van der Waals surface area (Å²) in [6.45, 7) is 2.52. The highest BCUT2D eigenvalue weighted by Gasteiger charge is 2.44. The second-order valence-corrected chi connectivity index (χ2v) is 4.60. The van der Waals surface area contributed by atoms with Crippen molar-refractivity contribution in [3.8, 4) is 0 Å². The van der Waals surface area contributed by atoms with Crippen LogP contribution in [0, 0.1) is 0 Å². The number of hydrogen-bond acceptors (Lipinski definition) is 3. The molecule has 0 saturated carbocycles. The molecule has 3 nitrogen and oxygen atoms in total. The van der Waals surface area contributed by atoms with E-state index in [4.69, 9.17) is 10.5 Å². The van der Waals surface area contributed by atoms with Crippen LogP contribution in [0.2, 0.25) is 0 Å². The van der Waals surface area contributed by atoms with E-state index >= 15 is 0 Å². The highest BCUT2D eigenvalue weighted by Crippen LogP contribution is 2.29. The lowest BCUT2D eigenvalue weighted by molar-refractivity contribution is 0.0267. The third-order valence-corrected chi connectivity index (χ3v) is 3.50. The fraction of sp³-hybridized carbons (Fsp3) is 1.00. The van der Waals surface area contributed by atoms with Crippen molar-refractivity contribution < 1.29 is 13.5 Å². The largest absolute Gasteiger partial charge is 0.381 e. The van der Waals surface area contributed by atoms with Gasteiger partial charge in [-0.25, -0.2) is 8.78 Å². The van der Waals surface area contributed by atoms with Crippen LogP contribution in [-0.4, -0.2) is 49.2 Å². The molecule has 1 unspecified atom stereocenters. The van der Waals surface area contributed by atoms with Gasteiger partial charge in [-0.3, -0.25) is 4.90 Å². The Morgan fingerprint density at radius 3 is 2.53 bits per heavy atom.